The molecule has 3 aromatic rings. The van der Waals surface area contributed by atoms with Crippen LogP contribution in [0.2, 0.25) is 0 Å². The highest BCUT2D eigenvalue weighted by Gasteiger charge is 2.35. The highest BCUT2D eigenvalue weighted by atomic mass is 16.7. The number of rotatable bonds is 6. The second-order valence-electron chi connectivity index (χ2n) is 7.34. The van der Waals surface area contributed by atoms with Gasteiger partial charge >= 0.3 is 5.97 Å². The molecule has 0 radical (unpaired) electrons. The van der Waals surface area contributed by atoms with Gasteiger partial charge in [-0.3, -0.25) is 9.59 Å². The lowest BCUT2D eigenvalue weighted by Gasteiger charge is -2.30. The highest BCUT2D eigenvalue weighted by Crippen LogP contribution is 2.37. The third-order valence-electron chi connectivity index (χ3n) is 5.42. The van der Waals surface area contributed by atoms with E-state index in [4.69, 9.17) is 9.57 Å². The second kappa shape index (κ2) is 8.64. The minimum Gasteiger partial charge on any atom is -0.497 e. The van der Waals surface area contributed by atoms with Crippen LogP contribution in [-0.2, 0) is 20.0 Å². The van der Waals surface area contributed by atoms with Crippen LogP contribution in [0.1, 0.15) is 39.9 Å². The zero-order chi connectivity index (χ0) is 22.7. The molecular formula is C25H21NO6. The fourth-order valence-electron chi connectivity index (χ4n) is 3.65. The van der Waals surface area contributed by atoms with Gasteiger partial charge in [-0.15, -0.1) is 5.06 Å². The SMILES string of the molecule is COc1ccc(C(O)(c2ccccc2)c2ccc(C(=O)ON3C(=O)CCC3=O)cc2)cc1. The minimum atomic E-state index is -1.49. The van der Waals surface area contributed by atoms with Crippen molar-refractivity contribution in [2.45, 2.75) is 18.4 Å². The lowest BCUT2D eigenvalue weighted by atomic mass is 9.80. The molecule has 0 aliphatic carbocycles. The van der Waals surface area contributed by atoms with Crippen LogP contribution >= 0.6 is 0 Å². The summed E-state index contributed by atoms with van der Waals surface area (Å²) < 4.78 is 5.22. The predicted octanol–water partition coefficient (Wildman–Crippen LogP) is 3.20. The summed E-state index contributed by atoms with van der Waals surface area (Å²) in [5, 5.41) is 12.4. The van der Waals surface area contributed by atoms with Gasteiger partial charge in [0.25, 0.3) is 11.8 Å². The summed E-state index contributed by atoms with van der Waals surface area (Å²) in [6.07, 6.45) is 0.0496. The van der Waals surface area contributed by atoms with Crippen LogP contribution in [0.3, 0.4) is 0 Å². The molecule has 1 N–H and O–H groups in total. The maximum Gasteiger partial charge on any atom is 0.363 e. The Labute approximate surface area is 184 Å². The summed E-state index contributed by atoms with van der Waals surface area (Å²) in [5.41, 5.74) is 0.448. The first-order valence-electron chi connectivity index (χ1n) is 10.0. The van der Waals surface area contributed by atoms with Crippen LogP contribution in [-0.4, -0.2) is 35.1 Å². The van der Waals surface area contributed by atoms with Gasteiger partial charge in [0.2, 0.25) is 0 Å². The molecule has 1 aliphatic heterocycles. The van der Waals surface area contributed by atoms with Gasteiger partial charge < -0.3 is 14.7 Å². The summed E-state index contributed by atoms with van der Waals surface area (Å²) >= 11 is 0. The Morgan fingerprint density at radius 1 is 0.812 bits per heavy atom. The maximum absolute atomic E-state index is 12.4. The third kappa shape index (κ3) is 3.86. The molecule has 0 bridgehead atoms. The zero-order valence-corrected chi connectivity index (χ0v) is 17.4. The van der Waals surface area contributed by atoms with E-state index >= 15 is 0 Å². The Hall–Kier alpha value is -3.97. The second-order valence-corrected chi connectivity index (χ2v) is 7.34. The average molecular weight is 431 g/mol. The first kappa shape index (κ1) is 21.3. The van der Waals surface area contributed by atoms with Crippen molar-refractivity contribution < 1.29 is 29.1 Å². The zero-order valence-electron chi connectivity index (χ0n) is 17.4. The number of methoxy groups -OCH3 is 1. The van der Waals surface area contributed by atoms with E-state index in [2.05, 4.69) is 0 Å². The normalized spacial score (nSPS) is 15.4. The Balaban J connectivity index is 1.67. The number of carbonyl (C=O) groups excluding carboxylic acids is 3. The number of nitrogens with zero attached hydrogens (tertiary/aromatic N) is 1. The predicted molar refractivity (Wildman–Crippen MR) is 114 cm³/mol. The van der Waals surface area contributed by atoms with Crippen LogP contribution in [0, 0.1) is 0 Å². The summed E-state index contributed by atoms with van der Waals surface area (Å²) in [6.45, 7) is 0. The van der Waals surface area contributed by atoms with E-state index in [0.717, 1.165) is 0 Å². The van der Waals surface area contributed by atoms with Crippen molar-refractivity contribution in [3.63, 3.8) is 0 Å². The van der Waals surface area contributed by atoms with E-state index < -0.39 is 23.4 Å². The number of carbonyl (C=O) groups is 3. The molecule has 162 valence electrons. The molecule has 32 heavy (non-hydrogen) atoms. The molecule has 1 aliphatic rings. The van der Waals surface area contributed by atoms with Gasteiger partial charge in [0.1, 0.15) is 11.4 Å². The van der Waals surface area contributed by atoms with Gasteiger partial charge in [0.05, 0.1) is 12.7 Å². The lowest BCUT2D eigenvalue weighted by molar-refractivity contribution is -0.172. The van der Waals surface area contributed by atoms with E-state index in [9.17, 15) is 19.5 Å². The first-order valence-corrected chi connectivity index (χ1v) is 10.0. The Kier molecular flexibility index (Phi) is 5.75. The van der Waals surface area contributed by atoms with Gasteiger partial charge in [-0.25, -0.2) is 4.79 Å². The van der Waals surface area contributed by atoms with E-state index in [1.807, 2.05) is 30.3 Å². The lowest BCUT2D eigenvalue weighted by Crippen LogP contribution is -2.32. The number of aliphatic hydroxyl groups is 1. The molecule has 1 fully saturated rings. The van der Waals surface area contributed by atoms with Gasteiger partial charge in [-0.05, 0) is 41.0 Å². The topological polar surface area (TPSA) is 93.1 Å². The summed E-state index contributed by atoms with van der Waals surface area (Å²) in [4.78, 5) is 40.7. The van der Waals surface area contributed by atoms with Gasteiger partial charge in [-0.1, -0.05) is 54.6 Å². The van der Waals surface area contributed by atoms with Crippen LogP contribution in [0.4, 0.5) is 0 Å². The Morgan fingerprint density at radius 2 is 1.31 bits per heavy atom. The van der Waals surface area contributed by atoms with Crippen LogP contribution < -0.4 is 4.74 Å². The fraction of sp³-hybridized carbons (Fsp3) is 0.160. The standard InChI is InChI=1S/C25H21NO6/c1-31-21-13-11-20(12-14-21)25(30,18-5-3-2-4-6-18)19-9-7-17(8-10-19)24(29)32-26-22(27)15-16-23(26)28/h2-14,30H,15-16H2,1H3. The number of hydrogen-bond acceptors (Lipinski definition) is 6. The molecule has 1 saturated heterocycles. The molecule has 0 spiro atoms. The fourth-order valence-corrected chi connectivity index (χ4v) is 3.65. The van der Waals surface area contributed by atoms with E-state index in [0.29, 0.717) is 27.5 Å². The van der Waals surface area contributed by atoms with Crippen molar-refractivity contribution in [1.82, 2.24) is 5.06 Å². The molecule has 0 saturated carbocycles. The van der Waals surface area contributed by atoms with Crippen molar-refractivity contribution >= 4 is 17.8 Å². The number of ether oxygens (including phenoxy) is 1. The summed E-state index contributed by atoms with van der Waals surface area (Å²) in [5.74, 6) is -1.25. The van der Waals surface area contributed by atoms with E-state index in [1.54, 1.807) is 43.5 Å². The average Bonchev–Trinajstić information content (AvgIpc) is 3.16. The number of hydroxylamine groups is 2. The van der Waals surface area contributed by atoms with Crippen LogP contribution in [0.15, 0.2) is 78.9 Å². The number of hydrogen-bond donors (Lipinski definition) is 1. The van der Waals surface area contributed by atoms with Crippen molar-refractivity contribution in [2.24, 2.45) is 0 Å². The van der Waals surface area contributed by atoms with Crippen molar-refractivity contribution in [1.29, 1.82) is 0 Å². The molecule has 3 aromatic carbocycles. The Bertz CT molecular complexity index is 1130. The number of imide groups is 1. The van der Waals surface area contributed by atoms with Gasteiger partial charge in [-0.2, -0.15) is 0 Å². The third-order valence-corrected chi connectivity index (χ3v) is 5.42. The quantitative estimate of drug-likeness (QED) is 0.476. The maximum atomic E-state index is 12.4. The summed E-state index contributed by atoms with van der Waals surface area (Å²) in [7, 11) is 1.57. The van der Waals surface area contributed by atoms with Gasteiger partial charge in [0, 0.05) is 12.8 Å². The smallest absolute Gasteiger partial charge is 0.363 e. The number of benzene rings is 3. The monoisotopic (exact) mass is 431 g/mol. The molecule has 2 amide bonds. The van der Waals surface area contributed by atoms with Crippen molar-refractivity contribution in [3.8, 4) is 5.75 Å². The molecule has 7 nitrogen and oxygen atoms in total. The van der Waals surface area contributed by atoms with Crippen LogP contribution in [0.5, 0.6) is 5.75 Å². The molecule has 1 unspecified atom stereocenters. The van der Waals surface area contributed by atoms with Crippen molar-refractivity contribution in [2.75, 3.05) is 7.11 Å². The van der Waals surface area contributed by atoms with Crippen LogP contribution in [0.25, 0.3) is 0 Å². The first-order chi connectivity index (χ1) is 15.4. The molecule has 7 heteroatoms. The number of amides is 2. The minimum absolute atomic E-state index is 0.0248. The highest BCUT2D eigenvalue weighted by molar-refractivity contribution is 6.02. The largest absolute Gasteiger partial charge is 0.497 e. The molecule has 1 heterocycles. The van der Waals surface area contributed by atoms with E-state index in [-0.39, 0.29) is 18.4 Å². The van der Waals surface area contributed by atoms with Crippen molar-refractivity contribution in [3.05, 3.63) is 101 Å². The molecular weight excluding hydrogens is 410 g/mol. The summed E-state index contributed by atoms with van der Waals surface area (Å²) in [6, 6.07) is 22.4. The molecule has 0 aromatic heterocycles. The van der Waals surface area contributed by atoms with E-state index in [1.165, 1.54) is 12.1 Å². The van der Waals surface area contributed by atoms with Gasteiger partial charge in [0.15, 0.2) is 0 Å². The Morgan fingerprint density at radius 3 is 1.84 bits per heavy atom. The molecule has 1 atom stereocenters. The molecule has 4 rings (SSSR count).